The maximum atomic E-state index is 10.3. The molecule has 1 atom stereocenters. The largest absolute Gasteiger partial charge is 0.387 e. The van der Waals surface area contributed by atoms with E-state index in [2.05, 4.69) is 20.2 Å². The highest BCUT2D eigenvalue weighted by atomic mass is 32.1. The number of hydrogen-bond acceptors (Lipinski definition) is 5. The second-order valence-corrected chi connectivity index (χ2v) is 6.32. The Kier molecular flexibility index (Phi) is 4.53. The van der Waals surface area contributed by atoms with E-state index in [1.807, 2.05) is 37.3 Å². The highest BCUT2D eigenvalue weighted by Gasteiger charge is 2.21. The fourth-order valence-electron chi connectivity index (χ4n) is 2.63. The van der Waals surface area contributed by atoms with Gasteiger partial charge in [-0.3, -0.25) is 4.90 Å². The van der Waals surface area contributed by atoms with E-state index in [-0.39, 0.29) is 0 Å². The van der Waals surface area contributed by atoms with E-state index in [1.54, 1.807) is 11.3 Å². The summed E-state index contributed by atoms with van der Waals surface area (Å²) in [7, 11) is 0. The minimum absolute atomic E-state index is 0.403. The maximum absolute atomic E-state index is 10.3. The number of aromatic nitrogens is 1. The van der Waals surface area contributed by atoms with Crippen LogP contribution in [0.15, 0.2) is 35.7 Å². The van der Waals surface area contributed by atoms with Crippen LogP contribution in [0.1, 0.15) is 17.4 Å². The fraction of sp³-hybridized carbons (Fsp3) is 0.438. The Morgan fingerprint density at radius 2 is 1.90 bits per heavy atom. The van der Waals surface area contributed by atoms with Crippen molar-refractivity contribution >= 4 is 16.5 Å². The number of rotatable bonds is 4. The number of anilines is 1. The van der Waals surface area contributed by atoms with Crippen LogP contribution >= 0.6 is 11.3 Å². The molecule has 1 aromatic carbocycles. The van der Waals surface area contributed by atoms with Crippen molar-refractivity contribution in [3.05, 3.63) is 47.0 Å². The topological polar surface area (TPSA) is 39.6 Å². The molecule has 1 saturated heterocycles. The van der Waals surface area contributed by atoms with Gasteiger partial charge in [-0.15, -0.1) is 11.3 Å². The number of hydrogen-bond donors (Lipinski definition) is 1. The third-order valence-corrected chi connectivity index (χ3v) is 4.88. The number of nitrogens with zero attached hydrogens (tertiary/aromatic N) is 3. The third kappa shape index (κ3) is 3.61. The van der Waals surface area contributed by atoms with E-state index < -0.39 is 6.10 Å². The molecule has 21 heavy (non-hydrogen) atoms. The van der Waals surface area contributed by atoms with Crippen molar-refractivity contribution in [2.75, 3.05) is 37.6 Å². The highest BCUT2D eigenvalue weighted by molar-refractivity contribution is 7.13. The predicted octanol–water partition coefficient (Wildman–Crippen LogP) is 2.31. The van der Waals surface area contributed by atoms with Crippen LogP contribution in [0.4, 0.5) is 5.13 Å². The summed E-state index contributed by atoms with van der Waals surface area (Å²) in [6.45, 7) is 6.65. The first kappa shape index (κ1) is 14.5. The molecule has 2 heterocycles. The minimum atomic E-state index is -0.403. The number of aryl methyl sites for hydroxylation is 1. The van der Waals surface area contributed by atoms with Gasteiger partial charge in [0.05, 0.1) is 11.8 Å². The Hall–Kier alpha value is -1.43. The molecule has 1 aliphatic rings. The molecule has 1 fully saturated rings. The van der Waals surface area contributed by atoms with Gasteiger partial charge in [-0.05, 0) is 12.5 Å². The Morgan fingerprint density at radius 1 is 1.19 bits per heavy atom. The number of thiazole rings is 1. The Labute approximate surface area is 129 Å². The molecule has 0 saturated carbocycles. The van der Waals surface area contributed by atoms with Crippen LogP contribution in [0.3, 0.4) is 0 Å². The number of benzene rings is 1. The predicted molar refractivity (Wildman–Crippen MR) is 86.9 cm³/mol. The highest BCUT2D eigenvalue weighted by Crippen LogP contribution is 2.22. The van der Waals surface area contributed by atoms with Gasteiger partial charge in [0.25, 0.3) is 0 Å². The smallest absolute Gasteiger partial charge is 0.185 e. The van der Waals surface area contributed by atoms with Gasteiger partial charge in [-0.2, -0.15) is 0 Å². The van der Waals surface area contributed by atoms with Gasteiger partial charge < -0.3 is 10.0 Å². The van der Waals surface area contributed by atoms with Crippen molar-refractivity contribution < 1.29 is 5.11 Å². The van der Waals surface area contributed by atoms with Crippen molar-refractivity contribution in [3.8, 4) is 0 Å². The SMILES string of the molecule is Cc1csc(N2CCN(CC(O)c3ccccc3)CC2)n1. The third-order valence-electron chi connectivity index (χ3n) is 3.87. The molecular weight excluding hydrogens is 282 g/mol. The van der Waals surface area contributed by atoms with E-state index in [0.29, 0.717) is 6.54 Å². The number of aliphatic hydroxyl groups excluding tert-OH is 1. The quantitative estimate of drug-likeness (QED) is 0.941. The van der Waals surface area contributed by atoms with Gasteiger partial charge >= 0.3 is 0 Å². The molecule has 1 aliphatic heterocycles. The molecule has 112 valence electrons. The molecule has 1 aromatic heterocycles. The Morgan fingerprint density at radius 3 is 2.52 bits per heavy atom. The minimum Gasteiger partial charge on any atom is -0.387 e. The van der Waals surface area contributed by atoms with Crippen LogP contribution in [0, 0.1) is 6.92 Å². The van der Waals surface area contributed by atoms with E-state index >= 15 is 0 Å². The van der Waals surface area contributed by atoms with Gasteiger partial charge in [0, 0.05) is 38.1 Å². The molecule has 5 heteroatoms. The van der Waals surface area contributed by atoms with Crippen LogP contribution in [-0.2, 0) is 0 Å². The van der Waals surface area contributed by atoms with Crippen molar-refractivity contribution in [1.29, 1.82) is 0 Å². The van der Waals surface area contributed by atoms with E-state index in [9.17, 15) is 5.11 Å². The molecule has 2 aromatic rings. The lowest BCUT2D eigenvalue weighted by molar-refractivity contribution is 0.109. The van der Waals surface area contributed by atoms with Gasteiger partial charge in [0.15, 0.2) is 5.13 Å². The second-order valence-electron chi connectivity index (χ2n) is 5.49. The van der Waals surface area contributed by atoms with Crippen LogP contribution < -0.4 is 4.90 Å². The number of aliphatic hydroxyl groups is 1. The zero-order valence-electron chi connectivity index (χ0n) is 12.3. The van der Waals surface area contributed by atoms with Crippen molar-refractivity contribution in [3.63, 3.8) is 0 Å². The molecule has 1 unspecified atom stereocenters. The zero-order chi connectivity index (χ0) is 14.7. The van der Waals surface area contributed by atoms with Gasteiger partial charge in [0.2, 0.25) is 0 Å². The van der Waals surface area contributed by atoms with Crippen LogP contribution in [0.25, 0.3) is 0 Å². The van der Waals surface area contributed by atoms with Crippen LogP contribution in [0.2, 0.25) is 0 Å². The van der Waals surface area contributed by atoms with Crippen molar-refractivity contribution in [1.82, 2.24) is 9.88 Å². The molecule has 3 rings (SSSR count). The standard InChI is InChI=1S/C16H21N3OS/c1-13-12-21-16(17-13)19-9-7-18(8-10-19)11-15(20)14-5-3-2-4-6-14/h2-6,12,15,20H,7-11H2,1H3. The number of piperazine rings is 1. The fourth-order valence-corrected chi connectivity index (χ4v) is 3.49. The normalized spacial score (nSPS) is 17.9. The Bertz CT molecular complexity index is 564. The molecule has 1 N–H and O–H groups in total. The summed E-state index contributed by atoms with van der Waals surface area (Å²) in [6.07, 6.45) is -0.403. The van der Waals surface area contributed by atoms with Crippen molar-refractivity contribution in [2.24, 2.45) is 0 Å². The van der Waals surface area contributed by atoms with Gasteiger partial charge in [-0.1, -0.05) is 30.3 Å². The summed E-state index contributed by atoms with van der Waals surface area (Å²) >= 11 is 1.71. The first-order chi connectivity index (χ1) is 10.2. The lowest BCUT2D eigenvalue weighted by Gasteiger charge is -2.35. The summed E-state index contributed by atoms with van der Waals surface area (Å²) in [5.41, 5.74) is 2.09. The zero-order valence-corrected chi connectivity index (χ0v) is 13.1. The molecule has 0 amide bonds. The lowest BCUT2D eigenvalue weighted by atomic mass is 10.1. The lowest BCUT2D eigenvalue weighted by Crippen LogP contribution is -2.47. The Balaban J connectivity index is 1.52. The first-order valence-electron chi connectivity index (χ1n) is 7.35. The second kappa shape index (κ2) is 6.56. The summed E-state index contributed by atoms with van der Waals surface area (Å²) in [4.78, 5) is 9.21. The van der Waals surface area contributed by atoms with E-state index in [4.69, 9.17) is 0 Å². The molecule has 0 aliphatic carbocycles. The average Bonchev–Trinajstić information content (AvgIpc) is 2.95. The van der Waals surface area contributed by atoms with Gasteiger partial charge in [-0.25, -0.2) is 4.98 Å². The molecule has 4 nitrogen and oxygen atoms in total. The molecule has 0 bridgehead atoms. The summed E-state index contributed by atoms with van der Waals surface area (Å²) in [5, 5.41) is 13.5. The summed E-state index contributed by atoms with van der Waals surface area (Å²) in [6, 6.07) is 9.89. The first-order valence-corrected chi connectivity index (χ1v) is 8.23. The monoisotopic (exact) mass is 303 g/mol. The van der Waals surface area contributed by atoms with E-state index in [0.717, 1.165) is 42.6 Å². The summed E-state index contributed by atoms with van der Waals surface area (Å²) in [5.74, 6) is 0. The maximum Gasteiger partial charge on any atom is 0.185 e. The summed E-state index contributed by atoms with van der Waals surface area (Å²) < 4.78 is 0. The number of β-amino-alcohol motifs (C(OH)–C–C–N with tert-alkyl or cyclic N) is 1. The van der Waals surface area contributed by atoms with Crippen molar-refractivity contribution in [2.45, 2.75) is 13.0 Å². The van der Waals surface area contributed by atoms with Crippen LogP contribution in [0.5, 0.6) is 0 Å². The molecule has 0 spiro atoms. The van der Waals surface area contributed by atoms with Crippen LogP contribution in [-0.4, -0.2) is 47.7 Å². The molecular formula is C16H21N3OS. The average molecular weight is 303 g/mol. The molecule has 0 radical (unpaired) electrons. The van der Waals surface area contributed by atoms with Gasteiger partial charge in [0.1, 0.15) is 0 Å². The van der Waals surface area contributed by atoms with E-state index in [1.165, 1.54) is 0 Å².